The van der Waals surface area contributed by atoms with Crippen molar-refractivity contribution < 1.29 is 47.9 Å². The molecule has 0 unspecified atom stereocenters. The predicted octanol–water partition coefficient (Wildman–Crippen LogP) is 1.81. The van der Waals surface area contributed by atoms with Crippen LogP contribution >= 0.6 is 0 Å². The van der Waals surface area contributed by atoms with E-state index in [1.807, 2.05) is 27.7 Å². The first kappa shape index (κ1) is 70.4. The number of rotatable bonds is 18. The van der Waals surface area contributed by atoms with Crippen molar-refractivity contribution in [3.05, 3.63) is 92.7 Å². The lowest BCUT2D eigenvalue weighted by molar-refractivity contribution is -0.143. The summed E-state index contributed by atoms with van der Waals surface area (Å²) in [6.45, 7) is 13.6. The third kappa shape index (κ3) is 20.4. The van der Waals surface area contributed by atoms with E-state index in [0.29, 0.717) is 11.1 Å². The van der Waals surface area contributed by atoms with E-state index in [-0.39, 0.29) is 102 Å². The number of nitrogens with zero attached hydrogens (tertiary/aromatic N) is 8. The summed E-state index contributed by atoms with van der Waals surface area (Å²) in [5.41, 5.74) is 32.2. The monoisotopic (exact) mass is 1220 g/mol. The van der Waals surface area contributed by atoms with Crippen LogP contribution in [0.15, 0.2) is 70.9 Å². The van der Waals surface area contributed by atoms with Crippen molar-refractivity contribution in [2.24, 2.45) is 45.4 Å². The third-order valence-electron chi connectivity index (χ3n) is 15.8. The second-order valence-corrected chi connectivity index (χ2v) is 24.5. The number of fused-ring (bicyclic) bond motifs is 2. The summed E-state index contributed by atoms with van der Waals surface area (Å²) in [7, 11) is 0. The van der Waals surface area contributed by atoms with Crippen LogP contribution in [0.3, 0.4) is 0 Å². The van der Waals surface area contributed by atoms with Gasteiger partial charge in [0.1, 0.15) is 60.4 Å². The topological polar surface area (TPSA) is 423 Å². The third-order valence-corrected chi connectivity index (χ3v) is 15.8. The van der Waals surface area contributed by atoms with Gasteiger partial charge in [-0.2, -0.15) is 0 Å². The van der Waals surface area contributed by atoms with Gasteiger partial charge in [-0.25, -0.2) is 0 Å². The van der Waals surface area contributed by atoms with Crippen LogP contribution in [0.2, 0.25) is 0 Å². The molecule has 12 N–H and O–H groups in total. The summed E-state index contributed by atoms with van der Waals surface area (Å²) in [6, 6.07) is 2.21. The van der Waals surface area contributed by atoms with Crippen molar-refractivity contribution in [2.45, 2.75) is 192 Å². The lowest BCUT2D eigenvalue weighted by Crippen LogP contribution is -2.62. The minimum atomic E-state index is -1.39. The lowest BCUT2D eigenvalue weighted by atomic mass is 9.98. The van der Waals surface area contributed by atoms with Crippen LogP contribution < -0.4 is 54.0 Å². The number of benzene rings is 2. The van der Waals surface area contributed by atoms with E-state index in [1.54, 1.807) is 88.4 Å². The molecule has 2 aromatic rings. The van der Waals surface area contributed by atoms with E-state index in [2.05, 4.69) is 62.6 Å². The molecule has 28 heteroatoms. The van der Waals surface area contributed by atoms with Crippen molar-refractivity contribution >= 4 is 59.1 Å². The molecule has 0 aliphatic carbocycles. The average molecular weight is 1220 g/mol. The standard InChI is InChI=1S/C60H90N18O10/c1-33(2)25-43-53(81)69-45(27-37-17-11-9-12-18-37)59(87)77-31-39(73-75-63)29-47(77)55(83)72-50(36(7)8)58(86)66-42(22-16-24-62)52(80)68-44(26-34(3)4)54(82)70-46(28-38-19-13-10-14-20-38)60(88)78-32-40(74-76-64)30-48(78)56(84)71-49(35(5)6)57(85)65-41(21-15-23-61)51(79)67-43/h9-14,17-20,33-36,39-50H,15-16,21-32,61-62H2,1-8H3,(H,65,85)(H,66,86)(H,67,79)(H,68,80)(H,69,81)(H,70,82)(H,71,84)(H,72,83)/t39-,40-,41-,42-,43-,44-,45+,46+,47-,48-,49-,50-/m0/s1. The summed E-state index contributed by atoms with van der Waals surface area (Å²) >= 11 is 0. The van der Waals surface area contributed by atoms with Crippen LogP contribution in [0.1, 0.15) is 118 Å². The van der Waals surface area contributed by atoms with Crippen LogP contribution in [-0.4, -0.2) is 168 Å². The number of nitrogens with one attached hydrogen (secondary N) is 8. The molecule has 10 amide bonds. The van der Waals surface area contributed by atoms with Gasteiger partial charge in [-0.05, 0) is 110 Å². The molecule has 12 atom stereocenters. The fourth-order valence-corrected chi connectivity index (χ4v) is 11.2. The van der Waals surface area contributed by atoms with Crippen LogP contribution in [0.5, 0.6) is 0 Å². The molecule has 0 bridgehead atoms. The Morgan fingerprint density at radius 1 is 0.455 bits per heavy atom. The Balaban J connectivity index is 1.65. The van der Waals surface area contributed by atoms with Gasteiger partial charge in [-0.1, -0.05) is 126 Å². The number of hydrogen-bond donors (Lipinski definition) is 10. The van der Waals surface area contributed by atoms with Crippen molar-refractivity contribution in [3.63, 3.8) is 0 Å². The van der Waals surface area contributed by atoms with E-state index >= 15 is 9.59 Å². The highest BCUT2D eigenvalue weighted by atomic mass is 16.2. The van der Waals surface area contributed by atoms with Crippen molar-refractivity contribution in [1.29, 1.82) is 0 Å². The highest BCUT2D eigenvalue weighted by Gasteiger charge is 2.46. The maximum atomic E-state index is 15.1. The summed E-state index contributed by atoms with van der Waals surface area (Å²) in [6.07, 6.45) is 0.0130. The number of azide groups is 2. The normalized spacial score (nSPS) is 27.0. The van der Waals surface area contributed by atoms with E-state index in [1.165, 1.54) is 9.80 Å². The number of hydrogen-bond acceptors (Lipinski definition) is 14. The SMILES string of the molecule is CC(C)C[C@@H]1NC(=O)[C@H](CCCN)NC(=O)[C@H](C(C)C)NC(=O)[C@@H]2C[C@H](N=[N+]=[N-])CN2C(=O)[C@@H](Cc2ccccc2)NC(=O)[C@H](CC(C)C)NC(=O)[C@H](CCCN)NC(=O)[C@H](C(C)C)NC(=O)[C@@H]2C[C@H](N=[N+]=[N-])CN2C(=O)[C@@H](Cc2ccccc2)NC1=O. The van der Waals surface area contributed by atoms with Crippen LogP contribution in [0, 0.1) is 23.7 Å². The zero-order valence-corrected chi connectivity index (χ0v) is 51.7. The first-order chi connectivity index (χ1) is 41.9. The van der Waals surface area contributed by atoms with Gasteiger partial charge in [0.15, 0.2) is 0 Å². The van der Waals surface area contributed by atoms with Gasteiger partial charge >= 0.3 is 0 Å². The van der Waals surface area contributed by atoms with Crippen LogP contribution in [0.4, 0.5) is 0 Å². The Kier molecular flexibility index (Phi) is 27.4. The van der Waals surface area contributed by atoms with Crippen molar-refractivity contribution in [1.82, 2.24) is 52.3 Å². The zero-order valence-electron chi connectivity index (χ0n) is 51.7. The minimum absolute atomic E-state index is 0.00804. The van der Waals surface area contributed by atoms with Gasteiger partial charge in [-0.3, -0.25) is 47.9 Å². The Morgan fingerprint density at radius 2 is 0.773 bits per heavy atom. The van der Waals surface area contributed by atoms with Gasteiger partial charge in [-0.15, -0.1) is 0 Å². The largest absolute Gasteiger partial charge is 0.343 e. The van der Waals surface area contributed by atoms with Gasteiger partial charge in [0.05, 0.1) is 12.1 Å². The highest BCUT2D eigenvalue weighted by Crippen LogP contribution is 2.26. The first-order valence-corrected chi connectivity index (χ1v) is 30.5. The molecule has 0 aromatic heterocycles. The van der Waals surface area contributed by atoms with Gasteiger partial charge in [0.25, 0.3) is 0 Å². The molecule has 3 saturated heterocycles. The van der Waals surface area contributed by atoms with E-state index in [9.17, 15) is 49.4 Å². The number of amides is 10. The molecule has 0 spiro atoms. The summed E-state index contributed by atoms with van der Waals surface area (Å²) in [5, 5.41) is 30.0. The summed E-state index contributed by atoms with van der Waals surface area (Å²) < 4.78 is 0. The molecule has 0 radical (unpaired) electrons. The minimum Gasteiger partial charge on any atom is -0.343 e. The van der Waals surface area contributed by atoms with Crippen LogP contribution in [-0.2, 0) is 60.8 Å². The zero-order chi connectivity index (χ0) is 64.8. The summed E-state index contributed by atoms with van der Waals surface area (Å²) in [4.78, 5) is 156. The molecule has 3 heterocycles. The molecule has 3 fully saturated rings. The quantitative estimate of drug-likeness (QED) is 0.0581. The Hall–Kier alpha value is -8.32. The fraction of sp³-hybridized carbons (Fsp3) is 0.633. The fourth-order valence-electron chi connectivity index (χ4n) is 11.2. The maximum Gasteiger partial charge on any atom is 0.246 e. The predicted molar refractivity (Wildman–Crippen MR) is 327 cm³/mol. The first-order valence-electron chi connectivity index (χ1n) is 30.5. The second-order valence-electron chi connectivity index (χ2n) is 24.5. The molecule has 88 heavy (non-hydrogen) atoms. The molecule has 480 valence electrons. The van der Waals surface area contributed by atoms with Gasteiger partial charge < -0.3 is 63.8 Å². The smallest absolute Gasteiger partial charge is 0.246 e. The molecule has 0 saturated carbocycles. The second kappa shape index (κ2) is 34.3. The molecule has 3 aliphatic heterocycles. The van der Waals surface area contributed by atoms with Gasteiger partial charge in [0.2, 0.25) is 59.1 Å². The molecule has 3 aliphatic rings. The van der Waals surface area contributed by atoms with Crippen molar-refractivity contribution in [2.75, 3.05) is 26.2 Å². The summed E-state index contributed by atoms with van der Waals surface area (Å²) in [5.74, 6) is -9.50. The van der Waals surface area contributed by atoms with Crippen molar-refractivity contribution in [3.8, 4) is 0 Å². The Labute approximate surface area is 513 Å². The van der Waals surface area contributed by atoms with E-state index < -0.39 is 143 Å². The average Bonchev–Trinajstić information content (AvgIpc) is 3.50. The Morgan fingerprint density at radius 3 is 1.08 bits per heavy atom. The Bertz CT molecular complexity index is 2660. The van der Waals surface area contributed by atoms with E-state index in [0.717, 1.165) is 0 Å². The number of carbonyl (C=O) groups is 10. The lowest BCUT2D eigenvalue weighted by Gasteiger charge is -2.33. The number of nitrogens with two attached hydrogens (primary N) is 2. The van der Waals surface area contributed by atoms with Gasteiger partial charge in [0, 0.05) is 35.8 Å². The van der Waals surface area contributed by atoms with Crippen LogP contribution in [0.25, 0.3) is 20.9 Å². The van der Waals surface area contributed by atoms with E-state index in [4.69, 9.17) is 11.5 Å². The molecular weight excluding hydrogens is 1130 g/mol. The molecule has 5 rings (SSSR count). The maximum absolute atomic E-state index is 15.1. The molecular formula is C60H90N18O10. The number of carbonyl (C=O) groups excluding carboxylic acids is 10. The highest BCUT2D eigenvalue weighted by molar-refractivity contribution is 6.00. The molecule has 2 aromatic carbocycles. The molecule has 28 nitrogen and oxygen atoms in total.